The number of ether oxygens (including phenoxy) is 1. The number of piperazine rings is 1. The normalized spacial score (nSPS) is 22.3. The molecule has 41 heavy (non-hydrogen) atoms. The second kappa shape index (κ2) is 14.3. The molecule has 0 spiro atoms. The molecule has 0 atom stereocenters. The highest BCUT2D eigenvalue weighted by atomic mass is 16.5. The number of piperidine rings is 1. The number of benzene rings is 1. The Labute approximate surface area is 245 Å². The van der Waals surface area contributed by atoms with Crippen molar-refractivity contribution >= 4 is 17.2 Å². The molecule has 3 heterocycles. The van der Waals surface area contributed by atoms with E-state index in [-0.39, 0.29) is 6.10 Å². The van der Waals surface area contributed by atoms with Crippen LogP contribution in [0.4, 0.5) is 17.2 Å². The highest BCUT2D eigenvalue weighted by Crippen LogP contribution is 2.34. The van der Waals surface area contributed by atoms with Crippen LogP contribution >= 0.6 is 0 Å². The fraction of sp³-hybridized carbons (Fsp3) is 0.656. The van der Waals surface area contributed by atoms with Gasteiger partial charge in [-0.3, -0.25) is 4.90 Å². The van der Waals surface area contributed by atoms with E-state index in [1.807, 2.05) is 6.07 Å². The van der Waals surface area contributed by atoms with E-state index < -0.39 is 0 Å². The Morgan fingerprint density at radius 2 is 1.80 bits per heavy atom. The summed E-state index contributed by atoms with van der Waals surface area (Å²) in [5.74, 6) is 1.91. The molecule has 0 radical (unpaired) electrons. The van der Waals surface area contributed by atoms with Gasteiger partial charge in [0.1, 0.15) is 11.8 Å². The van der Waals surface area contributed by atoms with Crippen LogP contribution < -0.4 is 20.3 Å². The third-order valence-corrected chi connectivity index (χ3v) is 9.27. The molecule has 9 heteroatoms. The largest absolute Gasteiger partial charge is 0.494 e. The van der Waals surface area contributed by atoms with Gasteiger partial charge in [-0.1, -0.05) is 13.3 Å². The maximum Gasteiger partial charge on any atom is 0.183 e. The topological polar surface area (TPSA) is 110 Å². The lowest BCUT2D eigenvalue weighted by atomic mass is 9.84. The van der Waals surface area contributed by atoms with Crippen LogP contribution in [0.15, 0.2) is 18.2 Å². The fourth-order valence-electron chi connectivity index (χ4n) is 6.79. The van der Waals surface area contributed by atoms with Gasteiger partial charge in [-0.2, -0.15) is 5.26 Å². The molecule has 9 nitrogen and oxygen atoms in total. The van der Waals surface area contributed by atoms with Crippen LogP contribution in [0.25, 0.3) is 0 Å². The number of methoxy groups -OCH3 is 1. The van der Waals surface area contributed by atoms with Crippen LogP contribution in [-0.2, 0) is 12.8 Å². The molecule has 5 rings (SSSR count). The summed E-state index contributed by atoms with van der Waals surface area (Å²) < 4.78 is 5.80. The minimum Gasteiger partial charge on any atom is -0.494 e. The van der Waals surface area contributed by atoms with Crippen molar-refractivity contribution in [3.63, 3.8) is 0 Å². The Morgan fingerprint density at radius 3 is 2.49 bits per heavy atom. The first-order valence-corrected chi connectivity index (χ1v) is 15.7. The SMILES string of the molecule is CCc1nc(C#N)c(Nc2ccc(N3CCC(N4CCNCC4)CC3)cc2OC)nc1CCC[C@H]1CC[C@H](O)CC1. The van der Waals surface area contributed by atoms with Gasteiger partial charge in [0.05, 0.1) is 30.3 Å². The number of nitrogens with one attached hydrogen (secondary N) is 2. The van der Waals surface area contributed by atoms with E-state index in [4.69, 9.17) is 14.7 Å². The first-order chi connectivity index (χ1) is 20.1. The van der Waals surface area contributed by atoms with E-state index in [1.54, 1.807) is 7.11 Å². The van der Waals surface area contributed by atoms with Crippen LogP contribution in [0.1, 0.15) is 75.4 Å². The molecular formula is C32H47N7O2. The Hall–Kier alpha value is -2.93. The van der Waals surface area contributed by atoms with E-state index in [2.05, 4.69) is 45.6 Å². The maximum atomic E-state index is 9.87. The zero-order chi connectivity index (χ0) is 28.6. The Balaban J connectivity index is 1.25. The molecule has 1 aromatic carbocycles. The van der Waals surface area contributed by atoms with Gasteiger partial charge in [0, 0.05) is 57.1 Å². The zero-order valence-corrected chi connectivity index (χ0v) is 24.9. The smallest absolute Gasteiger partial charge is 0.183 e. The average molecular weight is 562 g/mol. The van der Waals surface area contributed by atoms with Gasteiger partial charge in [-0.15, -0.1) is 0 Å². The van der Waals surface area contributed by atoms with Gasteiger partial charge in [0.15, 0.2) is 11.5 Å². The molecule has 2 aromatic rings. The number of hydrogen-bond acceptors (Lipinski definition) is 9. The molecule has 1 aliphatic carbocycles. The summed E-state index contributed by atoms with van der Waals surface area (Å²) in [5, 5.41) is 26.5. The van der Waals surface area contributed by atoms with Crippen LogP contribution in [0.2, 0.25) is 0 Å². The molecular weight excluding hydrogens is 514 g/mol. The fourth-order valence-corrected chi connectivity index (χ4v) is 6.79. The molecule has 0 amide bonds. The quantitative estimate of drug-likeness (QED) is 0.389. The summed E-state index contributed by atoms with van der Waals surface area (Å²) in [6.07, 6.45) is 10.1. The summed E-state index contributed by atoms with van der Waals surface area (Å²) in [7, 11) is 1.69. The average Bonchev–Trinajstić information content (AvgIpc) is 3.03. The summed E-state index contributed by atoms with van der Waals surface area (Å²) in [6, 6.07) is 9.18. The Morgan fingerprint density at radius 1 is 1.05 bits per heavy atom. The second-order valence-electron chi connectivity index (χ2n) is 11.9. The van der Waals surface area contributed by atoms with Crippen LogP contribution in [0.5, 0.6) is 5.75 Å². The third kappa shape index (κ3) is 7.48. The Bertz CT molecular complexity index is 1180. The number of anilines is 3. The van der Waals surface area contributed by atoms with Crippen molar-refractivity contribution in [2.24, 2.45) is 5.92 Å². The minimum absolute atomic E-state index is 0.114. The number of rotatable bonds is 10. The molecule has 0 unspecified atom stereocenters. The van der Waals surface area contributed by atoms with E-state index in [9.17, 15) is 10.4 Å². The van der Waals surface area contributed by atoms with Gasteiger partial charge >= 0.3 is 0 Å². The number of aliphatic hydroxyl groups is 1. The standard InChI is InChI=1S/C32H47N7O2/c1-3-27-28(6-4-5-23-7-10-26(40)11-8-23)36-32(30(22-33)35-27)37-29-12-9-25(21-31(29)41-2)38-17-13-24(14-18-38)39-19-15-34-16-20-39/h9,12,21,23-24,26,34,40H,3-8,10-11,13-20H2,1-2H3,(H,36,37)/t23-,26-. The predicted molar refractivity (Wildman–Crippen MR) is 163 cm³/mol. The van der Waals surface area contributed by atoms with Gasteiger partial charge in [0.2, 0.25) is 0 Å². The van der Waals surface area contributed by atoms with Crippen LogP contribution in [0.3, 0.4) is 0 Å². The number of aryl methyl sites for hydroxylation is 2. The summed E-state index contributed by atoms with van der Waals surface area (Å²) >= 11 is 0. The summed E-state index contributed by atoms with van der Waals surface area (Å²) in [4.78, 5) is 14.7. The number of nitrogens with zero attached hydrogens (tertiary/aromatic N) is 5. The van der Waals surface area contributed by atoms with E-state index in [1.165, 1.54) is 12.8 Å². The van der Waals surface area contributed by atoms with Crippen molar-refractivity contribution in [2.45, 2.75) is 83.3 Å². The minimum atomic E-state index is -0.114. The second-order valence-corrected chi connectivity index (χ2v) is 11.9. The van der Waals surface area contributed by atoms with E-state index in [0.29, 0.717) is 23.5 Å². The van der Waals surface area contributed by atoms with Crippen molar-refractivity contribution in [1.29, 1.82) is 5.26 Å². The molecule has 222 valence electrons. The highest BCUT2D eigenvalue weighted by Gasteiger charge is 2.26. The molecule has 3 fully saturated rings. The molecule has 2 aliphatic heterocycles. The number of aliphatic hydroxyl groups excluding tert-OH is 1. The summed E-state index contributed by atoms with van der Waals surface area (Å²) in [5.41, 5.74) is 4.13. The monoisotopic (exact) mass is 561 g/mol. The van der Waals surface area contributed by atoms with Crippen molar-refractivity contribution in [3.05, 3.63) is 35.3 Å². The molecule has 3 N–H and O–H groups in total. The maximum absolute atomic E-state index is 9.87. The predicted octanol–water partition coefficient (Wildman–Crippen LogP) is 4.41. The lowest BCUT2D eigenvalue weighted by Gasteiger charge is -2.41. The van der Waals surface area contributed by atoms with Crippen molar-refractivity contribution in [2.75, 3.05) is 56.6 Å². The van der Waals surface area contributed by atoms with Crippen molar-refractivity contribution in [1.82, 2.24) is 20.2 Å². The molecule has 3 aliphatic rings. The molecule has 0 bridgehead atoms. The van der Waals surface area contributed by atoms with Gasteiger partial charge in [0.25, 0.3) is 0 Å². The van der Waals surface area contributed by atoms with Crippen LogP contribution in [0, 0.1) is 17.2 Å². The van der Waals surface area contributed by atoms with Gasteiger partial charge < -0.3 is 25.4 Å². The lowest BCUT2D eigenvalue weighted by Crippen LogP contribution is -2.52. The van der Waals surface area contributed by atoms with Gasteiger partial charge in [-0.25, -0.2) is 9.97 Å². The zero-order valence-electron chi connectivity index (χ0n) is 24.9. The summed E-state index contributed by atoms with van der Waals surface area (Å²) in [6.45, 7) is 8.64. The van der Waals surface area contributed by atoms with Crippen LogP contribution in [-0.4, -0.2) is 78.5 Å². The van der Waals surface area contributed by atoms with Crippen molar-refractivity contribution in [3.8, 4) is 11.8 Å². The van der Waals surface area contributed by atoms with E-state index >= 15 is 0 Å². The highest BCUT2D eigenvalue weighted by molar-refractivity contribution is 5.71. The Kier molecular flexibility index (Phi) is 10.3. The number of aromatic nitrogens is 2. The molecule has 1 saturated carbocycles. The molecule has 2 saturated heterocycles. The van der Waals surface area contributed by atoms with Gasteiger partial charge in [-0.05, 0) is 75.8 Å². The first-order valence-electron chi connectivity index (χ1n) is 15.7. The number of nitriles is 1. The third-order valence-electron chi connectivity index (χ3n) is 9.27. The first kappa shape index (κ1) is 29.6. The van der Waals surface area contributed by atoms with Crippen molar-refractivity contribution < 1.29 is 9.84 Å². The lowest BCUT2D eigenvalue weighted by molar-refractivity contribution is 0.106. The molecule has 1 aromatic heterocycles. The number of hydrogen-bond donors (Lipinski definition) is 3. The van der Waals surface area contributed by atoms with E-state index in [0.717, 1.165) is 119 Å².